The minimum atomic E-state index is -0.714. The van der Waals surface area contributed by atoms with Gasteiger partial charge in [0.1, 0.15) is 18.2 Å². The molecular weight excluding hydrogens is 460 g/mol. The van der Waals surface area contributed by atoms with E-state index in [1.165, 1.54) is 10.5 Å². The van der Waals surface area contributed by atoms with Crippen molar-refractivity contribution in [1.29, 1.82) is 0 Å². The fraction of sp³-hybridized carbons (Fsp3) is 0.630. The number of rotatable bonds is 3. The van der Waals surface area contributed by atoms with Crippen molar-refractivity contribution in [2.75, 3.05) is 20.1 Å². The normalized spacial score (nSPS) is 34.2. The molecule has 5 aliphatic rings. The Balaban J connectivity index is 1.28. The summed E-state index contributed by atoms with van der Waals surface area (Å²) in [6.45, 7) is 7.24. The second-order valence-electron chi connectivity index (χ2n) is 12.0. The number of amides is 2. The fourth-order valence-corrected chi connectivity index (χ4v) is 7.05. The van der Waals surface area contributed by atoms with E-state index in [-0.39, 0.29) is 22.8 Å². The molecule has 2 fully saturated rings. The lowest BCUT2D eigenvalue weighted by Gasteiger charge is -2.56. The van der Waals surface area contributed by atoms with E-state index < -0.39 is 24.3 Å². The molecule has 3 heterocycles. The lowest BCUT2D eigenvalue weighted by atomic mass is 9.53. The van der Waals surface area contributed by atoms with Gasteiger partial charge in [0.25, 0.3) is 5.91 Å². The number of hydrazine groups is 1. The number of likely N-dealkylation sites (N-methyl/N-ethyl adjacent to an activating group) is 1. The van der Waals surface area contributed by atoms with Crippen molar-refractivity contribution in [2.24, 2.45) is 5.92 Å². The Morgan fingerprint density at radius 2 is 2.03 bits per heavy atom. The van der Waals surface area contributed by atoms with Gasteiger partial charge < -0.3 is 19.5 Å². The summed E-state index contributed by atoms with van der Waals surface area (Å²) in [5, 5.41) is 10.9. The Labute approximate surface area is 211 Å². The molecule has 2 unspecified atom stereocenters. The zero-order chi connectivity index (χ0) is 25.4. The predicted molar refractivity (Wildman–Crippen MR) is 133 cm³/mol. The van der Waals surface area contributed by atoms with E-state index in [1.54, 1.807) is 0 Å². The molecule has 9 heteroatoms. The highest BCUT2D eigenvalue weighted by molar-refractivity contribution is 5.86. The van der Waals surface area contributed by atoms with Crippen LogP contribution in [0.2, 0.25) is 0 Å². The molecule has 194 valence electrons. The average Bonchev–Trinajstić information content (AvgIpc) is 3.45. The van der Waals surface area contributed by atoms with Crippen LogP contribution >= 0.6 is 0 Å². The molecule has 36 heavy (non-hydrogen) atoms. The number of aliphatic hydroxyl groups is 1. The van der Waals surface area contributed by atoms with Crippen LogP contribution in [0.25, 0.3) is 0 Å². The van der Waals surface area contributed by atoms with Crippen LogP contribution in [-0.2, 0) is 16.6 Å². The molecule has 2 bridgehead atoms. The van der Waals surface area contributed by atoms with Crippen LogP contribution in [0.15, 0.2) is 24.3 Å². The number of likely N-dealkylation sites (tertiary alicyclic amines) is 2. The molecule has 2 amide bonds. The maximum Gasteiger partial charge on any atom is 0.416 e. The van der Waals surface area contributed by atoms with Crippen molar-refractivity contribution in [3.05, 3.63) is 35.4 Å². The molecule has 2 saturated heterocycles. The van der Waals surface area contributed by atoms with Gasteiger partial charge in [0.2, 0.25) is 0 Å². The van der Waals surface area contributed by atoms with E-state index in [0.29, 0.717) is 30.5 Å². The van der Waals surface area contributed by atoms with Crippen LogP contribution in [0, 0.1) is 5.92 Å². The quantitative estimate of drug-likeness (QED) is 0.434. The van der Waals surface area contributed by atoms with Crippen LogP contribution in [0.4, 0.5) is 4.79 Å². The largest absolute Gasteiger partial charge is 0.482 e. The van der Waals surface area contributed by atoms with Crippen molar-refractivity contribution in [3.8, 4) is 11.5 Å². The number of carbonyl (C=O) groups excluding carboxylic acids is 2. The van der Waals surface area contributed by atoms with E-state index in [9.17, 15) is 14.7 Å². The standard InChI is InChI=1S/C27H36N4O5/c1-26(2,3)29-28-24(33)17-6-5-12-31(17)25(34)35-20-10-7-15-14-18-16-8-9-19(32)23-27(16,11-13-30(18)4)21(15)22(20)36-23/h7-10,16-19,23,29,32H,5-6,11-14H2,1-4H3,(H,28,33)/t16?,17-,18?,19-,23-,27-/m0/s1. The van der Waals surface area contributed by atoms with Gasteiger partial charge in [-0.3, -0.25) is 15.1 Å². The second kappa shape index (κ2) is 8.19. The summed E-state index contributed by atoms with van der Waals surface area (Å²) in [4.78, 5) is 30.0. The third kappa shape index (κ3) is 3.47. The minimum absolute atomic E-state index is 0.242. The molecule has 2 aliphatic carbocycles. The Kier molecular flexibility index (Phi) is 5.41. The first kappa shape index (κ1) is 23.8. The van der Waals surface area contributed by atoms with Gasteiger partial charge in [0.05, 0.1) is 0 Å². The summed E-state index contributed by atoms with van der Waals surface area (Å²) in [6, 6.07) is 3.61. The lowest BCUT2D eigenvalue weighted by molar-refractivity contribution is -0.126. The monoisotopic (exact) mass is 496 g/mol. The Hall–Kier alpha value is -2.62. The van der Waals surface area contributed by atoms with Gasteiger partial charge in [-0.05, 0) is 71.7 Å². The number of carbonyl (C=O) groups is 2. The van der Waals surface area contributed by atoms with Crippen LogP contribution in [0.1, 0.15) is 51.2 Å². The van der Waals surface area contributed by atoms with Gasteiger partial charge in [-0.25, -0.2) is 10.2 Å². The lowest BCUT2D eigenvalue weighted by Crippen LogP contribution is -2.64. The zero-order valence-corrected chi connectivity index (χ0v) is 21.4. The van der Waals surface area contributed by atoms with Crippen LogP contribution < -0.4 is 20.3 Å². The summed E-state index contributed by atoms with van der Waals surface area (Å²) in [5.41, 5.74) is 7.42. The van der Waals surface area contributed by atoms with Gasteiger partial charge in [0, 0.05) is 35.0 Å². The van der Waals surface area contributed by atoms with E-state index in [0.717, 1.165) is 31.4 Å². The van der Waals surface area contributed by atoms with E-state index >= 15 is 0 Å². The maximum absolute atomic E-state index is 13.3. The number of aliphatic hydroxyl groups excluding tert-OH is 1. The summed E-state index contributed by atoms with van der Waals surface area (Å²) < 4.78 is 12.4. The van der Waals surface area contributed by atoms with Crippen molar-refractivity contribution in [2.45, 2.75) is 81.7 Å². The van der Waals surface area contributed by atoms with Crippen LogP contribution in [-0.4, -0.2) is 76.9 Å². The highest BCUT2D eigenvalue weighted by Crippen LogP contribution is 2.62. The maximum atomic E-state index is 13.3. The molecule has 6 atom stereocenters. The Morgan fingerprint density at radius 3 is 2.81 bits per heavy atom. The van der Waals surface area contributed by atoms with Gasteiger partial charge in [-0.15, -0.1) is 0 Å². The smallest absolute Gasteiger partial charge is 0.416 e. The molecule has 0 radical (unpaired) electrons. The Morgan fingerprint density at radius 1 is 1.22 bits per heavy atom. The molecular formula is C27H36N4O5. The molecule has 1 aromatic rings. The highest BCUT2D eigenvalue weighted by Gasteiger charge is 2.64. The fourth-order valence-electron chi connectivity index (χ4n) is 7.05. The van der Waals surface area contributed by atoms with Crippen LogP contribution in [0.5, 0.6) is 11.5 Å². The zero-order valence-electron chi connectivity index (χ0n) is 21.4. The van der Waals surface area contributed by atoms with E-state index in [4.69, 9.17) is 9.47 Å². The number of benzene rings is 1. The molecule has 0 aromatic heterocycles. The van der Waals surface area contributed by atoms with Gasteiger partial charge in [0.15, 0.2) is 11.5 Å². The summed E-state index contributed by atoms with van der Waals surface area (Å²) in [7, 11) is 2.17. The van der Waals surface area contributed by atoms with Crippen molar-refractivity contribution < 1.29 is 24.2 Å². The van der Waals surface area contributed by atoms with Gasteiger partial charge in [-0.1, -0.05) is 18.2 Å². The van der Waals surface area contributed by atoms with Crippen LogP contribution in [0.3, 0.4) is 0 Å². The third-order valence-electron chi connectivity index (χ3n) is 8.68. The van der Waals surface area contributed by atoms with Gasteiger partial charge in [-0.2, -0.15) is 0 Å². The third-order valence-corrected chi connectivity index (χ3v) is 8.68. The molecule has 1 aromatic carbocycles. The topological polar surface area (TPSA) is 103 Å². The number of nitrogens with one attached hydrogen (secondary N) is 2. The summed E-state index contributed by atoms with van der Waals surface area (Å²) in [6.07, 6.45) is 5.45. The molecule has 1 spiro atoms. The van der Waals surface area contributed by atoms with Crippen molar-refractivity contribution >= 4 is 12.0 Å². The van der Waals surface area contributed by atoms with E-state index in [2.05, 4.69) is 28.9 Å². The Bertz CT molecular complexity index is 1130. The number of ether oxygens (including phenoxy) is 2. The molecule has 3 aliphatic heterocycles. The molecule has 0 saturated carbocycles. The number of piperidine rings is 1. The SMILES string of the molecule is CN1CC[C@]23c4c5ccc(OC(=O)N6CCC[C@H]6C(=O)NNC(C)(C)C)c4O[C@H]2[C@@H](O)C=CC3C1C5. The minimum Gasteiger partial charge on any atom is -0.482 e. The second-order valence-corrected chi connectivity index (χ2v) is 12.0. The number of nitrogens with zero attached hydrogens (tertiary/aromatic N) is 2. The number of hydrogen-bond acceptors (Lipinski definition) is 7. The summed E-state index contributed by atoms with van der Waals surface area (Å²) in [5.74, 6) is 0.942. The summed E-state index contributed by atoms with van der Waals surface area (Å²) >= 11 is 0. The number of hydrogen-bond donors (Lipinski definition) is 3. The van der Waals surface area contributed by atoms with Gasteiger partial charge >= 0.3 is 6.09 Å². The first-order valence-electron chi connectivity index (χ1n) is 13.1. The van der Waals surface area contributed by atoms with Crippen molar-refractivity contribution in [3.63, 3.8) is 0 Å². The average molecular weight is 497 g/mol. The molecule has 6 rings (SSSR count). The first-order chi connectivity index (χ1) is 17.1. The first-order valence-corrected chi connectivity index (χ1v) is 13.1. The predicted octanol–water partition coefficient (Wildman–Crippen LogP) is 1.87. The van der Waals surface area contributed by atoms with Crippen molar-refractivity contribution in [1.82, 2.24) is 20.7 Å². The molecule has 9 nitrogen and oxygen atoms in total. The molecule has 3 N–H and O–H groups in total. The van der Waals surface area contributed by atoms with E-state index in [1.807, 2.05) is 39.0 Å². The highest BCUT2D eigenvalue weighted by atomic mass is 16.6.